The number of carbonyl (C=O) groups excluding carboxylic acids is 1. The molecule has 4 nitrogen and oxygen atoms in total. The van der Waals surface area contributed by atoms with Crippen LogP contribution in [0.4, 0.5) is 8.78 Å². The van der Waals surface area contributed by atoms with E-state index in [2.05, 4.69) is 5.32 Å². The maximum atomic E-state index is 13.1. The molecule has 0 aromatic heterocycles. The molecule has 0 radical (unpaired) electrons. The van der Waals surface area contributed by atoms with Crippen LogP contribution in [0.2, 0.25) is 0 Å². The number of rotatable bonds is 4. The highest BCUT2D eigenvalue weighted by molar-refractivity contribution is 5.85. The molecule has 1 aromatic rings. The minimum absolute atomic E-state index is 0. The molecule has 0 unspecified atom stereocenters. The molecule has 0 saturated carbocycles. The van der Waals surface area contributed by atoms with E-state index in [1.165, 1.54) is 12.1 Å². The Labute approximate surface area is 129 Å². The molecule has 1 aliphatic rings. The minimum atomic E-state index is -0.596. The smallest absolute Gasteiger partial charge is 0.236 e. The second kappa shape index (κ2) is 8.26. The summed E-state index contributed by atoms with van der Waals surface area (Å²) in [7, 11) is 1.77. The van der Waals surface area contributed by atoms with E-state index in [0.29, 0.717) is 25.2 Å². The minimum Gasteiger partial charge on any atom is -0.339 e. The van der Waals surface area contributed by atoms with E-state index in [0.717, 1.165) is 19.2 Å². The lowest BCUT2D eigenvalue weighted by Crippen LogP contribution is -2.49. The van der Waals surface area contributed by atoms with Gasteiger partial charge in [-0.3, -0.25) is 9.69 Å². The molecule has 7 heteroatoms. The second-order valence-electron chi connectivity index (χ2n) is 5.08. The molecular weight excluding hydrogens is 300 g/mol. The molecular formula is C14H20ClF2N3O. The average molecular weight is 320 g/mol. The lowest BCUT2D eigenvalue weighted by Gasteiger charge is -2.29. The molecule has 1 aliphatic heterocycles. The predicted octanol–water partition coefficient (Wildman–Crippen LogP) is 1.25. The molecule has 0 spiro atoms. The fraction of sp³-hybridized carbons (Fsp3) is 0.500. The van der Waals surface area contributed by atoms with Gasteiger partial charge in [0.1, 0.15) is 11.6 Å². The number of halogens is 3. The van der Waals surface area contributed by atoms with Crippen molar-refractivity contribution in [2.75, 3.05) is 39.8 Å². The number of hydrogen-bond donors (Lipinski definition) is 1. The average Bonchev–Trinajstić information content (AvgIpc) is 2.38. The lowest BCUT2D eigenvalue weighted by molar-refractivity contribution is -0.132. The fourth-order valence-electron chi connectivity index (χ4n) is 2.31. The van der Waals surface area contributed by atoms with Gasteiger partial charge in [0.05, 0.1) is 6.54 Å². The molecule has 1 fully saturated rings. The summed E-state index contributed by atoms with van der Waals surface area (Å²) in [6.45, 7) is 3.63. The maximum absolute atomic E-state index is 13.1. The Morgan fingerprint density at radius 2 is 1.81 bits per heavy atom. The number of hydrogen-bond acceptors (Lipinski definition) is 3. The van der Waals surface area contributed by atoms with Crippen molar-refractivity contribution in [1.82, 2.24) is 15.1 Å². The summed E-state index contributed by atoms with van der Waals surface area (Å²) in [6.07, 6.45) is 0. The Balaban J connectivity index is 0.00000220. The monoisotopic (exact) mass is 319 g/mol. The van der Waals surface area contributed by atoms with Crippen LogP contribution in [0.5, 0.6) is 0 Å². The first kappa shape index (κ1) is 17.8. The molecule has 118 valence electrons. The summed E-state index contributed by atoms with van der Waals surface area (Å²) in [5.74, 6) is -1.14. The van der Waals surface area contributed by atoms with Gasteiger partial charge >= 0.3 is 0 Å². The molecule has 0 atom stereocenters. The molecule has 1 saturated heterocycles. The van der Waals surface area contributed by atoms with Gasteiger partial charge in [-0.25, -0.2) is 8.78 Å². The highest BCUT2D eigenvalue weighted by Crippen LogP contribution is 2.10. The van der Waals surface area contributed by atoms with Crippen LogP contribution in [0.1, 0.15) is 5.56 Å². The molecule has 21 heavy (non-hydrogen) atoms. The van der Waals surface area contributed by atoms with Crippen molar-refractivity contribution >= 4 is 18.3 Å². The van der Waals surface area contributed by atoms with E-state index >= 15 is 0 Å². The van der Waals surface area contributed by atoms with Gasteiger partial charge in [0, 0.05) is 38.8 Å². The van der Waals surface area contributed by atoms with E-state index in [9.17, 15) is 13.6 Å². The Morgan fingerprint density at radius 3 is 2.38 bits per heavy atom. The third-order valence-corrected chi connectivity index (χ3v) is 3.25. The van der Waals surface area contributed by atoms with E-state index in [4.69, 9.17) is 0 Å². The van der Waals surface area contributed by atoms with E-state index in [1.807, 2.05) is 0 Å². The van der Waals surface area contributed by atoms with Crippen molar-refractivity contribution in [2.45, 2.75) is 6.54 Å². The topological polar surface area (TPSA) is 35.6 Å². The summed E-state index contributed by atoms with van der Waals surface area (Å²) < 4.78 is 26.2. The quantitative estimate of drug-likeness (QED) is 0.907. The molecule has 0 bridgehead atoms. The van der Waals surface area contributed by atoms with Crippen molar-refractivity contribution in [3.8, 4) is 0 Å². The normalized spacial score (nSPS) is 15.0. The second-order valence-corrected chi connectivity index (χ2v) is 5.08. The van der Waals surface area contributed by atoms with E-state index < -0.39 is 11.6 Å². The van der Waals surface area contributed by atoms with Gasteiger partial charge in [-0.05, 0) is 24.7 Å². The maximum Gasteiger partial charge on any atom is 0.236 e. The van der Waals surface area contributed by atoms with Crippen LogP contribution < -0.4 is 5.32 Å². The summed E-state index contributed by atoms with van der Waals surface area (Å²) in [6, 6.07) is 3.42. The first-order chi connectivity index (χ1) is 9.54. The number of piperazine rings is 1. The standard InChI is InChI=1S/C14H19F2N3O.ClH/c1-18(9-11-6-12(15)8-13(16)7-11)10-14(20)19-4-2-17-3-5-19;/h6-8,17H,2-5,9-10H2,1H3;1H. The zero-order valence-electron chi connectivity index (χ0n) is 11.9. The third kappa shape index (κ3) is 5.57. The van der Waals surface area contributed by atoms with Crippen LogP contribution in [-0.4, -0.2) is 55.5 Å². The molecule has 1 amide bonds. The Bertz CT molecular complexity index is 461. The van der Waals surface area contributed by atoms with Crippen LogP contribution >= 0.6 is 12.4 Å². The van der Waals surface area contributed by atoms with Crippen LogP contribution in [-0.2, 0) is 11.3 Å². The van der Waals surface area contributed by atoms with Crippen molar-refractivity contribution in [1.29, 1.82) is 0 Å². The molecule has 1 aromatic carbocycles. The summed E-state index contributed by atoms with van der Waals surface area (Å²) in [4.78, 5) is 15.6. The predicted molar refractivity (Wildman–Crippen MR) is 79.4 cm³/mol. The number of likely N-dealkylation sites (N-methyl/N-ethyl adjacent to an activating group) is 1. The van der Waals surface area contributed by atoms with Crippen LogP contribution in [0.3, 0.4) is 0 Å². The van der Waals surface area contributed by atoms with Crippen molar-refractivity contribution in [3.05, 3.63) is 35.4 Å². The molecule has 1 N–H and O–H groups in total. The number of amides is 1. The van der Waals surface area contributed by atoms with Gasteiger partial charge in [-0.15, -0.1) is 12.4 Å². The first-order valence-corrected chi connectivity index (χ1v) is 6.66. The Kier molecular flexibility index (Phi) is 7.01. The number of nitrogens with zero attached hydrogens (tertiary/aromatic N) is 2. The van der Waals surface area contributed by atoms with Crippen LogP contribution in [0.25, 0.3) is 0 Å². The number of carbonyl (C=O) groups is 1. The molecule has 1 heterocycles. The lowest BCUT2D eigenvalue weighted by atomic mass is 10.2. The fourth-order valence-corrected chi connectivity index (χ4v) is 2.31. The highest BCUT2D eigenvalue weighted by atomic mass is 35.5. The summed E-state index contributed by atoms with van der Waals surface area (Å²) in [5, 5.41) is 3.18. The zero-order valence-corrected chi connectivity index (χ0v) is 12.8. The summed E-state index contributed by atoms with van der Waals surface area (Å²) in [5.41, 5.74) is 0.526. The SMILES string of the molecule is CN(CC(=O)N1CCNCC1)Cc1cc(F)cc(F)c1.Cl. The van der Waals surface area contributed by atoms with Crippen LogP contribution in [0.15, 0.2) is 18.2 Å². The number of nitrogens with one attached hydrogen (secondary N) is 1. The van der Waals surface area contributed by atoms with Gasteiger partial charge in [-0.2, -0.15) is 0 Å². The van der Waals surface area contributed by atoms with Gasteiger partial charge in [0.15, 0.2) is 0 Å². The van der Waals surface area contributed by atoms with Gasteiger partial charge in [-0.1, -0.05) is 0 Å². The van der Waals surface area contributed by atoms with Gasteiger partial charge in [0.2, 0.25) is 5.91 Å². The molecule has 2 rings (SSSR count). The van der Waals surface area contributed by atoms with Crippen molar-refractivity contribution < 1.29 is 13.6 Å². The Hall–Kier alpha value is -1.24. The van der Waals surface area contributed by atoms with E-state index in [1.54, 1.807) is 16.8 Å². The van der Waals surface area contributed by atoms with Gasteiger partial charge in [0.25, 0.3) is 0 Å². The first-order valence-electron chi connectivity index (χ1n) is 6.66. The summed E-state index contributed by atoms with van der Waals surface area (Å²) >= 11 is 0. The largest absolute Gasteiger partial charge is 0.339 e. The number of benzene rings is 1. The highest BCUT2D eigenvalue weighted by Gasteiger charge is 2.17. The Morgan fingerprint density at radius 1 is 1.24 bits per heavy atom. The third-order valence-electron chi connectivity index (χ3n) is 3.25. The van der Waals surface area contributed by atoms with Crippen LogP contribution in [0, 0.1) is 11.6 Å². The van der Waals surface area contributed by atoms with Gasteiger partial charge < -0.3 is 10.2 Å². The molecule has 0 aliphatic carbocycles. The van der Waals surface area contributed by atoms with Crippen molar-refractivity contribution in [2.24, 2.45) is 0 Å². The van der Waals surface area contributed by atoms with E-state index in [-0.39, 0.29) is 24.9 Å². The van der Waals surface area contributed by atoms with Crippen molar-refractivity contribution in [3.63, 3.8) is 0 Å². The zero-order chi connectivity index (χ0) is 14.5.